The zero-order valence-electron chi connectivity index (χ0n) is 22.7. The second kappa shape index (κ2) is 12.7. The lowest BCUT2D eigenvalue weighted by atomic mass is 9.99. The summed E-state index contributed by atoms with van der Waals surface area (Å²) in [6.45, 7) is -1.46. The van der Waals surface area contributed by atoms with Crippen molar-refractivity contribution in [3.8, 4) is 28.4 Å². The second-order valence-corrected chi connectivity index (χ2v) is 10.1. The summed E-state index contributed by atoms with van der Waals surface area (Å²) >= 11 is 0. The average molecular weight is 609 g/mol. The highest BCUT2D eigenvalue weighted by atomic mass is 16.7. The van der Waals surface area contributed by atoms with Gasteiger partial charge >= 0.3 is 0 Å². The molecule has 2 aromatic carbocycles. The zero-order chi connectivity index (χ0) is 31.0. The van der Waals surface area contributed by atoms with E-state index < -0.39 is 80.1 Å². The molecule has 1 aromatic heterocycles. The van der Waals surface area contributed by atoms with Gasteiger partial charge in [0, 0.05) is 0 Å². The van der Waals surface area contributed by atoms with Crippen molar-refractivity contribution >= 4 is 11.0 Å². The number of benzene rings is 2. The highest BCUT2D eigenvalue weighted by Gasteiger charge is 2.47. The molecule has 0 spiro atoms. The SMILES string of the molecule is COc1ccc(-c2coc3c(OC4OC(CO)C(O)C(O)C4O)c(OC4OC(CO)C(O)C(O)C4O)ccc3c2=O)cc1. The summed E-state index contributed by atoms with van der Waals surface area (Å²) in [4.78, 5) is 13.6. The zero-order valence-corrected chi connectivity index (χ0v) is 22.7. The fourth-order valence-electron chi connectivity index (χ4n) is 4.90. The Bertz CT molecular complexity index is 1460. The molecule has 0 bridgehead atoms. The van der Waals surface area contributed by atoms with Crippen molar-refractivity contribution in [1.29, 1.82) is 0 Å². The third-order valence-electron chi connectivity index (χ3n) is 7.43. The van der Waals surface area contributed by atoms with Gasteiger partial charge < -0.3 is 69.0 Å². The highest BCUT2D eigenvalue weighted by Crippen LogP contribution is 2.40. The Morgan fingerprint density at radius 2 is 1.28 bits per heavy atom. The van der Waals surface area contributed by atoms with Crippen molar-refractivity contribution in [2.75, 3.05) is 20.3 Å². The maximum absolute atomic E-state index is 13.6. The Hall–Kier alpha value is -3.35. The molecule has 10 atom stereocenters. The minimum absolute atomic E-state index is 0.0194. The van der Waals surface area contributed by atoms with Crippen LogP contribution in [0.5, 0.6) is 17.2 Å². The Kier molecular flexibility index (Phi) is 9.19. The van der Waals surface area contributed by atoms with Crippen molar-refractivity contribution < 1.29 is 69.0 Å². The molecule has 3 heterocycles. The minimum Gasteiger partial charge on any atom is -0.497 e. The predicted octanol–water partition coefficient (Wildman–Crippen LogP) is -2.17. The van der Waals surface area contributed by atoms with E-state index in [-0.39, 0.29) is 28.0 Å². The van der Waals surface area contributed by atoms with Crippen LogP contribution in [0.25, 0.3) is 22.1 Å². The lowest BCUT2D eigenvalue weighted by molar-refractivity contribution is -0.282. The van der Waals surface area contributed by atoms with E-state index in [1.54, 1.807) is 24.3 Å². The molecule has 234 valence electrons. The van der Waals surface area contributed by atoms with Gasteiger partial charge in [-0.05, 0) is 29.8 Å². The number of methoxy groups -OCH3 is 1. The van der Waals surface area contributed by atoms with Gasteiger partial charge in [0.15, 0.2) is 11.3 Å². The van der Waals surface area contributed by atoms with Crippen LogP contribution in [0.3, 0.4) is 0 Å². The molecule has 0 aliphatic carbocycles. The molecule has 3 aromatic rings. The summed E-state index contributed by atoms with van der Waals surface area (Å²) in [5.74, 6) is -0.0783. The number of aliphatic hydroxyl groups excluding tert-OH is 8. The monoisotopic (exact) mass is 608 g/mol. The van der Waals surface area contributed by atoms with E-state index in [1.807, 2.05) is 0 Å². The first-order valence-corrected chi connectivity index (χ1v) is 13.3. The second-order valence-electron chi connectivity index (χ2n) is 10.1. The van der Waals surface area contributed by atoms with Crippen LogP contribution in [0.15, 0.2) is 51.9 Å². The Morgan fingerprint density at radius 3 is 1.81 bits per heavy atom. The topological polar surface area (TPSA) is 238 Å². The number of aliphatic hydroxyl groups is 8. The molecule has 15 nitrogen and oxygen atoms in total. The summed E-state index contributed by atoms with van der Waals surface area (Å²) in [5, 5.41) is 81.0. The molecule has 0 amide bonds. The summed E-state index contributed by atoms with van der Waals surface area (Å²) in [6, 6.07) is 9.19. The average Bonchev–Trinajstić information content (AvgIpc) is 3.02. The van der Waals surface area contributed by atoms with Crippen LogP contribution in [-0.4, -0.2) is 123 Å². The summed E-state index contributed by atoms with van der Waals surface area (Å²) in [6.07, 6.45) is -15.4. The first-order valence-electron chi connectivity index (χ1n) is 13.3. The van der Waals surface area contributed by atoms with Crippen molar-refractivity contribution in [2.24, 2.45) is 0 Å². The molecular formula is C28H32O15. The molecule has 2 fully saturated rings. The molecule has 2 saturated heterocycles. The van der Waals surface area contributed by atoms with E-state index in [4.69, 9.17) is 28.1 Å². The quantitative estimate of drug-likeness (QED) is 0.136. The summed E-state index contributed by atoms with van der Waals surface area (Å²) < 4.78 is 33.5. The van der Waals surface area contributed by atoms with Crippen molar-refractivity contribution in [3.05, 3.63) is 52.9 Å². The Morgan fingerprint density at radius 1 is 0.721 bits per heavy atom. The highest BCUT2D eigenvalue weighted by molar-refractivity contribution is 5.88. The van der Waals surface area contributed by atoms with Crippen LogP contribution in [0.4, 0.5) is 0 Å². The van der Waals surface area contributed by atoms with E-state index in [1.165, 1.54) is 19.2 Å². The third-order valence-corrected chi connectivity index (χ3v) is 7.43. The van der Waals surface area contributed by atoms with E-state index in [2.05, 4.69) is 0 Å². The summed E-state index contributed by atoms with van der Waals surface area (Å²) in [5.41, 5.74) is -0.0307. The largest absolute Gasteiger partial charge is 0.497 e. The number of hydrogen-bond donors (Lipinski definition) is 8. The number of fused-ring (bicyclic) bond motifs is 1. The Balaban J connectivity index is 1.58. The smallest absolute Gasteiger partial charge is 0.229 e. The normalized spacial score (nSPS) is 32.9. The van der Waals surface area contributed by atoms with Crippen LogP contribution in [0, 0.1) is 0 Å². The van der Waals surface area contributed by atoms with Gasteiger partial charge in [-0.15, -0.1) is 0 Å². The predicted molar refractivity (Wildman–Crippen MR) is 143 cm³/mol. The molecule has 15 heteroatoms. The molecule has 5 rings (SSSR count). The molecule has 2 aliphatic rings. The standard InChI is InChI=1S/C28H32O15/c1-38-12-4-2-11(3-5-12)14-10-39-25-13(18(14)31)6-7-15(40-27-23(36)21(34)19(32)16(8-29)41-27)26(25)43-28-24(37)22(35)20(33)17(9-30)42-28/h2-7,10,16-17,19-24,27-30,32-37H,8-9H2,1H3. The molecule has 8 N–H and O–H groups in total. The number of hydrogen-bond acceptors (Lipinski definition) is 15. The summed E-state index contributed by atoms with van der Waals surface area (Å²) in [7, 11) is 1.50. The number of ether oxygens (including phenoxy) is 5. The van der Waals surface area contributed by atoms with Gasteiger partial charge in [0.05, 0.1) is 31.3 Å². The van der Waals surface area contributed by atoms with Crippen LogP contribution < -0.4 is 19.6 Å². The first kappa shape index (κ1) is 31.1. The maximum Gasteiger partial charge on any atom is 0.229 e. The van der Waals surface area contributed by atoms with Crippen molar-refractivity contribution in [2.45, 2.75) is 61.4 Å². The van der Waals surface area contributed by atoms with Gasteiger partial charge in [-0.25, -0.2) is 0 Å². The van der Waals surface area contributed by atoms with Gasteiger partial charge in [-0.2, -0.15) is 0 Å². The van der Waals surface area contributed by atoms with Gasteiger partial charge in [0.25, 0.3) is 0 Å². The van der Waals surface area contributed by atoms with Crippen LogP contribution in [-0.2, 0) is 9.47 Å². The van der Waals surface area contributed by atoms with Gasteiger partial charge in [0.2, 0.25) is 23.8 Å². The fourth-order valence-corrected chi connectivity index (χ4v) is 4.90. The molecule has 2 aliphatic heterocycles. The molecule has 0 saturated carbocycles. The number of rotatable bonds is 8. The minimum atomic E-state index is -1.85. The van der Waals surface area contributed by atoms with Gasteiger partial charge in [-0.3, -0.25) is 4.79 Å². The van der Waals surface area contributed by atoms with E-state index in [0.717, 1.165) is 6.26 Å². The van der Waals surface area contributed by atoms with E-state index in [9.17, 15) is 45.6 Å². The van der Waals surface area contributed by atoms with E-state index >= 15 is 0 Å². The van der Waals surface area contributed by atoms with Crippen LogP contribution >= 0.6 is 0 Å². The van der Waals surface area contributed by atoms with Gasteiger partial charge in [-0.1, -0.05) is 12.1 Å². The molecule has 10 unspecified atom stereocenters. The molecule has 0 radical (unpaired) electrons. The lowest BCUT2D eigenvalue weighted by Crippen LogP contribution is -2.60. The van der Waals surface area contributed by atoms with Crippen LogP contribution in [0.1, 0.15) is 0 Å². The maximum atomic E-state index is 13.6. The lowest BCUT2D eigenvalue weighted by Gasteiger charge is -2.40. The van der Waals surface area contributed by atoms with E-state index in [0.29, 0.717) is 11.3 Å². The third kappa shape index (κ3) is 5.80. The Labute approximate surface area is 243 Å². The first-order chi connectivity index (χ1) is 20.6. The molecule has 43 heavy (non-hydrogen) atoms. The van der Waals surface area contributed by atoms with Crippen molar-refractivity contribution in [1.82, 2.24) is 0 Å². The van der Waals surface area contributed by atoms with Crippen molar-refractivity contribution in [3.63, 3.8) is 0 Å². The van der Waals surface area contributed by atoms with Crippen LogP contribution in [0.2, 0.25) is 0 Å². The molecular weight excluding hydrogens is 576 g/mol. The fraction of sp³-hybridized carbons (Fsp3) is 0.464. The van der Waals surface area contributed by atoms with Gasteiger partial charge in [0.1, 0.15) is 60.8 Å².